The lowest BCUT2D eigenvalue weighted by Crippen LogP contribution is -2.22. The van der Waals surface area contributed by atoms with Crippen LogP contribution in [0.2, 0.25) is 0 Å². The summed E-state index contributed by atoms with van der Waals surface area (Å²) in [4.78, 5) is 8.34. The Morgan fingerprint density at radius 3 is 2.65 bits per heavy atom. The van der Waals surface area contributed by atoms with Crippen LogP contribution in [-0.4, -0.2) is 16.5 Å². The second kappa shape index (κ2) is 6.11. The maximum absolute atomic E-state index is 4.33. The first-order valence-electron chi connectivity index (χ1n) is 5.89. The Balaban J connectivity index is 1.79. The van der Waals surface area contributed by atoms with Gasteiger partial charge in [0, 0.05) is 24.6 Å². The predicted molar refractivity (Wildman–Crippen MR) is 68.6 cm³/mol. The fourth-order valence-corrected chi connectivity index (χ4v) is 1.72. The highest BCUT2D eigenvalue weighted by Crippen LogP contribution is 2.07. The minimum absolute atomic E-state index is 0.290. The van der Waals surface area contributed by atoms with E-state index < -0.39 is 0 Å². The van der Waals surface area contributed by atoms with Crippen LogP contribution in [-0.2, 0) is 6.42 Å². The Kier molecular flexibility index (Phi) is 4.22. The third kappa shape index (κ3) is 3.64. The Hall–Kier alpha value is -1.74. The Morgan fingerprint density at radius 2 is 1.94 bits per heavy atom. The van der Waals surface area contributed by atoms with Crippen LogP contribution < -0.4 is 5.32 Å². The van der Waals surface area contributed by atoms with Gasteiger partial charge in [-0.3, -0.25) is 9.97 Å². The highest BCUT2D eigenvalue weighted by atomic mass is 14.9. The lowest BCUT2D eigenvalue weighted by Gasteiger charge is -2.12. The van der Waals surface area contributed by atoms with Crippen LogP contribution >= 0.6 is 0 Å². The molecule has 0 radical (unpaired) electrons. The predicted octanol–water partition coefficient (Wildman–Crippen LogP) is 2.37. The molecule has 2 aromatic rings. The van der Waals surface area contributed by atoms with Gasteiger partial charge in [0.1, 0.15) is 0 Å². The van der Waals surface area contributed by atoms with E-state index in [4.69, 9.17) is 0 Å². The van der Waals surface area contributed by atoms with Crippen LogP contribution in [0, 0.1) is 0 Å². The molecule has 2 heterocycles. The van der Waals surface area contributed by atoms with Crippen molar-refractivity contribution in [2.45, 2.75) is 19.4 Å². The zero-order valence-corrected chi connectivity index (χ0v) is 10.0. The van der Waals surface area contributed by atoms with Crippen molar-refractivity contribution in [2.75, 3.05) is 6.54 Å². The van der Waals surface area contributed by atoms with E-state index in [1.807, 2.05) is 48.9 Å². The number of hydrogen-bond donors (Lipinski definition) is 1. The van der Waals surface area contributed by atoms with Gasteiger partial charge in [-0.2, -0.15) is 0 Å². The minimum atomic E-state index is 0.290. The molecule has 2 aromatic heterocycles. The summed E-state index contributed by atoms with van der Waals surface area (Å²) in [7, 11) is 0. The van der Waals surface area contributed by atoms with Gasteiger partial charge in [0.05, 0.1) is 5.69 Å². The van der Waals surface area contributed by atoms with Crippen LogP contribution in [0.1, 0.15) is 24.2 Å². The van der Waals surface area contributed by atoms with Crippen LogP contribution in [0.25, 0.3) is 0 Å². The van der Waals surface area contributed by atoms with Crippen molar-refractivity contribution < 1.29 is 0 Å². The SMILES string of the molecule is C[C@@H](NCCc1ccncc1)c1ccccn1. The van der Waals surface area contributed by atoms with Crippen molar-refractivity contribution in [3.05, 3.63) is 60.2 Å². The molecule has 0 aliphatic carbocycles. The van der Waals surface area contributed by atoms with Crippen molar-refractivity contribution >= 4 is 0 Å². The fourth-order valence-electron chi connectivity index (χ4n) is 1.72. The van der Waals surface area contributed by atoms with E-state index in [1.165, 1.54) is 5.56 Å². The molecule has 0 aliphatic rings. The van der Waals surface area contributed by atoms with E-state index >= 15 is 0 Å². The summed E-state index contributed by atoms with van der Waals surface area (Å²) in [6.45, 7) is 3.08. The lowest BCUT2D eigenvalue weighted by molar-refractivity contribution is 0.564. The molecule has 0 fully saturated rings. The standard InChI is InChI=1S/C14H17N3/c1-12(14-4-2-3-8-17-14)16-11-7-13-5-9-15-10-6-13/h2-6,8-10,12,16H,7,11H2,1H3/t12-/m1/s1. The number of pyridine rings is 2. The summed E-state index contributed by atoms with van der Waals surface area (Å²) in [6, 6.07) is 10.4. The first kappa shape index (κ1) is 11.7. The third-order valence-corrected chi connectivity index (χ3v) is 2.74. The Labute approximate surface area is 102 Å². The minimum Gasteiger partial charge on any atom is -0.309 e. The molecule has 0 amide bonds. The van der Waals surface area contributed by atoms with Crippen molar-refractivity contribution in [3.8, 4) is 0 Å². The van der Waals surface area contributed by atoms with Gasteiger partial charge in [-0.1, -0.05) is 6.07 Å². The molecule has 1 N–H and O–H groups in total. The van der Waals surface area contributed by atoms with E-state index in [0.717, 1.165) is 18.7 Å². The molecule has 0 aliphatic heterocycles. The third-order valence-electron chi connectivity index (χ3n) is 2.74. The maximum Gasteiger partial charge on any atom is 0.0570 e. The normalized spacial score (nSPS) is 12.3. The largest absolute Gasteiger partial charge is 0.309 e. The van der Waals surface area contributed by atoms with Crippen LogP contribution in [0.5, 0.6) is 0 Å². The molecule has 3 heteroatoms. The molecule has 0 saturated heterocycles. The molecule has 0 spiro atoms. The second-order valence-corrected chi connectivity index (χ2v) is 4.04. The maximum atomic E-state index is 4.33. The molecular weight excluding hydrogens is 210 g/mol. The number of aromatic nitrogens is 2. The average molecular weight is 227 g/mol. The van der Waals surface area contributed by atoms with E-state index in [0.29, 0.717) is 0 Å². The average Bonchev–Trinajstić information content (AvgIpc) is 2.41. The molecular formula is C14H17N3. The summed E-state index contributed by atoms with van der Waals surface area (Å²) < 4.78 is 0. The zero-order valence-electron chi connectivity index (χ0n) is 10.0. The number of nitrogens with one attached hydrogen (secondary N) is 1. The van der Waals surface area contributed by atoms with E-state index in [2.05, 4.69) is 22.2 Å². The van der Waals surface area contributed by atoms with Crippen molar-refractivity contribution in [3.63, 3.8) is 0 Å². The molecule has 0 saturated carbocycles. The van der Waals surface area contributed by atoms with Crippen LogP contribution in [0.15, 0.2) is 48.9 Å². The first-order valence-corrected chi connectivity index (χ1v) is 5.89. The summed E-state index contributed by atoms with van der Waals surface area (Å²) in [5, 5.41) is 3.46. The lowest BCUT2D eigenvalue weighted by atomic mass is 10.1. The smallest absolute Gasteiger partial charge is 0.0570 e. The van der Waals surface area contributed by atoms with Crippen molar-refractivity contribution in [2.24, 2.45) is 0 Å². The van der Waals surface area contributed by atoms with Crippen LogP contribution in [0.4, 0.5) is 0 Å². The summed E-state index contributed by atoms with van der Waals surface area (Å²) in [5.41, 5.74) is 2.39. The van der Waals surface area contributed by atoms with Gasteiger partial charge < -0.3 is 5.32 Å². The molecule has 2 rings (SSSR count). The van der Waals surface area contributed by atoms with E-state index in [1.54, 1.807) is 0 Å². The second-order valence-electron chi connectivity index (χ2n) is 4.04. The summed E-state index contributed by atoms with van der Waals surface area (Å²) in [5.74, 6) is 0. The zero-order chi connectivity index (χ0) is 11.9. The molecule has 0 unspecified atom stereocenters. The van der Waals surface area contributed by atoms with E-state index in [-0.39, 0.29) is 6.04 Å². The van der Waals surface area contributed by atoms with Gasteiger partial charge in [-0.05, 0) is 49.7 Å². The quantitative estimate of drug-likeness (QED) is 0.852. The topological polar surface area (TPSA) is 37.8 Å². The molecule has 88 valence electrons. The van der Waals surface area contributed by atoms with Crippen LogP contribution in [0.3, 0.4) is 0 Å². The summed E-state index contributed by atoms with van der Waals surface area (Å²) >= 11 is 0. The highest BCUT2D eigenvalue weighted by Gasteiger charge is 2.04. The molecule has 17 heavy (non-hydrogen) atoms. The highest BCUT2D eigenvalue weighted by molar-refractivity contribution is 5.11. The molecule has 0 aromatic carbocycles. The number of nitrogens with zero attached hydrogens (tertiary/aromatic N) is 2. The Bertz CT molecular complexity index is 428. The van der Waals surface area contributed by atoms with Crippen molar-refractivity contribution in [1.29, 1.82) is 0 Å². The van der Waals surface area contributed by atoms with Gasteiger partial charge in [0.15, 0.2) is 0 Å². The van der Waals surface area contributed by atoms with Gasteiger partial charge >= 0.3 is 0 Å². The fraction of sp³-hybridized carbons (Fsp3) is 0.286. The van der Waals surface area contributed by atoms with Gasteiger partial charge in [0.25, 0.3) is 0 Å². The monoisotopic (exact) mass is 227 g/mol. The Morgan fingerprint density at radius 1 is 1.12 bits per heavy atom. The van der Waals surface area contributed by atoms with Gasteiger partial charge in [-0.15, -0.1) is 0 Å². The molecule has 1 atom stereocenters. The molecule has 3 nitrogen and oxygen atoms in total. The molecule has 0 bridgehead atoms. The van der Waals surface area contributed by atoms with E-state index in [9.17, 15) is 0 Å². The van der Waals surface area contributed by atoms with Gasteiger partial charge in [-0.25, -0.2) is 0 Å². The number of rotatable bonds is 5. The van der Waals surface area contributed by atoms with Crippen molar-refractivity contribution in [1.82, 2.24) is 15.3 Å². The number of hydrogen-bond acceptors (Lipinski definition) is 3. The first-order chi connectivity index (χ1) is 8.36. The summed E-state index contributed by atoms with van der Waals surface area (Å²) in [6.07, 6.45) is 6.51. The van der Waals surface area contributed by atoms with Gasteiger partial charge in [0.2, 0.25) is 0 Å².